The van der Waals surface area contributed by atoms with Gasteiger partial charge in [0.05, 0.1) is 13.7 Å². The van der Waals surface area contributed by atoms with Gasteiger partial charge in [-0.2, -0.15) is 0 Å². The van der Waals surface area contributed by atoms with Gasteiger partial charge in [0.15, 0.2) is 0 Å². The first-order chi connectivity index (χ1) is 12.6. The zero-order valence-corrected chi connectivity index (χ0v) is 15.0. The van der Waals surface area contributed by atoms with Crippen LogP contribution in [-0.2, 0) is 11.3 Å². The molecule has 6 heteroatoms. The van der Waals surface area contributed by atoms with E-state index < -0.39 is 0 Å². The number of anilines is 1. The molecular formula is C20H24FN3O2. The zero-order valence-electron chi connectivity index (χ0n) is 15.0. The summed E-state index contributed by atoms with van der Waals surface area (Å²) in [6.45, 7) is 4.76. The van der Waals surface area contributed by atoms with Crippen LogP contribution in [0.25, 0.3) is 0 Å². The number of hydrogen-bond acceptors (Lipinski definition) is 4. The molecule has 0 aliphatic carbocycles. The Balaban J connectivity index is 1.43. The number of ether oxygens (including phenoxy) is 1. The van der Waals surface area contributed by atoms with Crippen molar-refractivity contribution in [1.82, 2.24) is 9.80 Å². The van der Waals surface area contributed by atoms with E-state index in [1.54, 1.807) is 19.2 Å². The van der Waals surface area contributed by atoms with Crippen LogP contribution in [0.15, 0.2) is 48.5 Å². The minimum atomic E-state index is -0.310. The van der Waals surface area contributed by atoms with Gasteiger partial charge in [0.1, 0.15) is 11.6 Å². The number of amides is 1. The van der Waals surface area contributed by atoms with Gasteiger partial charge in [-0.1, -0.05) is 12.1 Å². The van der Waals surface area contributed by atoms with Crippen molar-refractivity contribution < 1.29 is 13.9 Å². The molecule has 1 aliphatic heterocycles. The molecule has 1 aliphatic rings. The summed E-state index contributed by atoms with van der Waals surface area (Å²) in [7, 11) is 1.68. The van der Waals surface area contributed by atoms with Crippen LogP contribution in [0.5, 0.6) is 5.75 Å². The number of carbonyl (C=O) groups excluding carboxylic acids is 1. The van der Waals surface area contributed by atoms with Crippen molar-refractivity contribution in [2.24, 2.45) is 0 Å². The van der Waals surface area contributed by atoms with Gasteiger partial charge in [-0.3, -0.25) is 14.6 Å². The quantitative estimate of drug-likeness (QED) is 0.863. The highest BCUT2D eigenvalue weighted by molar-refractivity contribution is 5.92. The number of rotatable bonds is 6. The monoisotopic (exact) mass is 357 g/mol. The molecule has 1 heterocycles. The smallest absolute Gasteiger partial charge is 0.238 e. The van der Waals surface area contributed by atoms with E-state index in [1.165, 1.54) is 17.7 Å². The molecule has 0 aromatic heterocycles. The van der Waals surface area contributed by atoms with Gasteiger partial charge in [0.25, 0.3) is 0 Å². The van der Waals surface area contributed by atoms with Crippen LogP contribution in [0.3, 0.4) is 0 Å². The van der Waals surface area contributed by atoms with E-state index in [-0.39, 0.29) is 11.7 Å². The molecule has 138 valence electrons. The minimum absolute atomic E-state index is 0.0714. The number of hydrogen-bond donors (Lipinski definition) is 1. The van der Waals surface area contributed by atoms with Crippen molar-refractivity contribution in [3.8, 4) is 5.75 Å². The lowest BCUT2D eigenvalue weighted by Gasteiger charge is -2.34. The molecule has 0 unspecified atom stereocenters. The number of halogens is 1. The number of nitrogens with zero attached hydrogens (tertiary/aromatic N) is 2. The maximum absolute atomic E-state index is 12.9. The molecule has 0 radical (unpaired) electrons. The number of benzene rings is 2. The molecular weight excluding hydrogens is 333 g/mol. The first-order valence-corrected chi connectivity index (χ1v) is 8.75. The highest BCUT2D eigenvalue weighted by Crippen LogP contribution is 2.15. The lowest BCUT2D eigenvalue weighted by atomic mass is 10.2. The summed E-state index contributed by atoms with van der Waals surface area (Å²) in [5.41, 5.74) is 1.85. The van der Waals surface area contributed by atoms with E-state index in [9.17, 15) is 9.18 Å². The van der Waals surface area contributed by atoms with E-state index in [0.29, 0.717) is 12.2 Å². The summed E-state index contributed by atoms with van der Waals surface area (Å²) < 4.78 is 18.2. The molecule has 0 atom stereocenters. The summed E-state index contributed by atoms with van der Waals surface area (Å²) in [6.07, 6.45) is 0. The van der Waals surface area contributed by atoms with Crippen LogP contribution < -0.4 is 10.1 Å². The van der Waals surface area contributed by atoms with Crippen LogP contribution >= 0.6 is 0 Å². The molecule has 26 heavy (non-hydrogen) atoms. The van der Waals surface area contributed by atoms with E-state index in [4.69, 9.17) is 4.74 Å². The normalized spacial score (nSPS) is 15.6. The molecule has 1 fully saturated rings. The largest absolute Gasteiger partial charge is 0.497 e. The first-order valence-electron chi connectivity index (χ1n) is 8.75. The van der Waals surface area contributed by atoms with Crippen molar-refractivity contribution in [1.29, 1.82) is 0 Å². The van der Waals surface area contributed by atoms with Crippen molar-refractivity contribution in [2.75, 3.05) is 45.2 Å². The molecule has 0 spiro atoms. The van der Waals surface area contributed by atoms with Crippen molar-refractivity contribution >= 4 is 11.6 Å². The lowest BCUT2D eigenvalue weighted by molar-refractivity contribution is -0.117. The maximum atomic E-state index is 12.9. The van der Waals surface area contributed by atoms with Gasteiger partial charge in [-0.25, -0.2) is 4.39 Å². The third-order valence-electron chi connectivity index (χ3n) is 4.50. The molecule has 0 bridgehead atoms. The lowest BCUT2D eigenvalue weighted by Crippen LogP contribution is -2.48. The summed E-state index contributed by atoms with van der Waals surface area (Å²) in [5.74, 6) is 0.492. The van der Waals surface area contributed by atoms with Gasteiger partial charge in [-0.15, -0.1) is 0 Å². The van der Waals surface area contributed by atoms with Crippen molar-refractivity contribution in [3.63, 3.8) is 0 Å². The summed E-state index contributed by atoms with van der Waals surface area (Å²) in [6, 6.07) is 13.9. The second kappa shape index (κ2) is 8.78. The van der Waals surface area contributed by atoms with E-state index >= 15 is 0 Å². The molecule has 0 saturated carbocycles. The topological polar surface area (TPSA) is 44.8 Å². The van der Waals surface area contributed by atoms with E-state index in [0.717, 1.165) is 38.5 Å². The Morgan fingerprint density at radius 1 is 1.08 bits per heavy atom. The molecule has 5 nitrogen and oxygen atoms in total. The van der Waals surface area contributed by atoms with E-state index in [1.807, 2.05) is 12.1 Å². The van der Waals surface area contributed by atoms with Gasteiger partial charge in [-0.05, 0) is 42.0 Å². The summed E-state index contributed by atoms with van der Waals surface area (Å²) in [4.78, 5) is 16.7. The number of piperazine rings is 1. The number of carbonyl (C=O) groups is 1. The Morgan fingerprint density at radius 2 is 1.77 bits per heavy atom. The van der Waals surface area contributed by atoms with Crippen molar-refractivity contribution in [2.45, 2.75) is 6.54 Å². The predicted octanol–water partition coefficient (Wildman–Crippen LogP) is 2.59. The van der Waals surface area contributed by atoms with Gasteiger partial charge >= 0.3 is 0 Å². The highest BCUT2D eigenvalue weighted by atomic mass is 19.1. The van der Waals surface area contributed by atoms with Crippen LogP contribution in [0.2, 0.25) is 0 Å². The SMILES string of the molecule is COc1cccc(CN2CCN(CC(=O)Nc3ccc(F)cc3)CC2)c1. The number of methoxy groups -OCH3 is 1. The second-order valence-electron chi connectivity index (χ2n) is 6.46. The fourth-order valence-electron chi connectivity index (χ4n) is 3.07. The molecule has 1 N–H and O–H groups in total. The highest BCUT2D eigenvalue weighted by Gasteiger charge is 2.19. The number of nitrogens with one attached hydrogen (secondary N) is 1. The third-order valence-corrected chi connectivity index (χ3v) is 4.50. The Morgan fingerprint density at radius 3 is 2.46 bits per heavy atom. The molecule has 2 aromatic carbocycles. The van der Waals surface area contributed by atoms with Crippen LogP contribution in [0.4, 0.5) is 10.1 Å². The summed E-state index contributed by atoms with van der Waals surface area (Å²) in [5, 5.41) is 2.81. The third kappa shape index (κ3) is 5.28. The van der Waals surface area contributed by atoms with E-state index in [2.05, 4.69) is 27.2 Å². The Hall–Kier alpha value is -2.44. The van der Waals surface area contributed by atoms with Crippen LogP contribution in [0.1, 0.15) is 5.56 Å². The molecule has 3 rings (SSSR count). The Labute approximate surface area is 153 Å². The first kappa shape index (κ1) is 18.4. The van der Waals surface area contributed by atoms with Gasteiger partial charge < -0.3 is 10.1 Å². The van der Waals surface area contributed by atoms with Crippen LogP contribution in [0, 0.1) is 5.82 Å². The average molecular weight is 357 g/mol. The van der Waals surface area contributed by atoms with Gasteiger partial charge in [0, 0.05) is 38.4 Å². The second-order valence-corrected chi connectivity index (χ2v) is 6.46. The maximum Gasteiger partial charge on any atom is 0.238 e. The Bertz CT molecular complexity index is 728. The fourth-order valence-corrected chi connectivity index (χ4v) is 3.07. The molecule has 1 amide bonds. The van der Waals surface area contributed by atoms with Crippen LogP contribution in [-0.4, -0.2) is 55.5 Å². The zero-order chi connectivity index (χ0) is 18.4. The standard InChI is InChI=1S/C20H24FN3O2/c1-26-19-4-2-3-16(13-19)14-23-9-11-24(12-10-23)15-20(25)22-18-7-5-17(21)6-8-18/h2-8,13H,9-12,14-15H2,1H3,(H,22,25). The predicted molar refractivity (Wildman–Crippen MR) is 99.7 cm³/mol. The van der Waals surface area contributed by atoms with Gasteiger partial charge in [0.2, 0.25) is 5.91 Å². The molecule has 1 saturated heterocycles. The average Bonchev–Trinajstić information content (AvgIpc) is 2.65. The Kier molecular flexibility index (Phi) is 6.20. The minimum Gasteiger partial charge on any atom is -0.497 e. The van der Waals surface area contributed by atoms with Crippen molar-refractivity contribution in [3.05, 3.63) is 59.9 Å². The fraction of sp³-hybridized carbons (Fsp3) is 0.350. The summed E-state index contributed by atoms with van der Waals surface area (Å²) >= 11 is 0. The molecule has 2 aromatic rings.